The third kappa shape index (κ3) is 5.57. The molecule has 1 amide bonds. The number of hydrogen-bond acceptors (Lipinski definition) is 4. The smallest absolute Gasteiger partial charge is 0.251 e. The van der Waals surface area contributed by atoms with Crippen molar-refractivity contribution >= 4 is 15.9 Å². The molecule has 0 saturated heterocycles. The molecule has 6 nitrogen and oxygen atoms in total. The molecule has 0 saturated carbocycles. The summed E-state index contributed by atoms with van der Waals surface area (Å²) in [4.78, 5) is 12.4. The van der Waals surface area contributed by atoms with Gasteiger partial charge in [0.1, 0.15) is 10.6 Å². The molecule has 1 aliphatic rings. The minimum absolute atomic E-state index is 0.0312. The van der Waals surface area contributed by atoms with Crippen LogP contribution >= 0.6 is 0 Å². The summed E-state index contributed by atoms with van der Waals surface area (Å²) in [6.07, 6.45) is 7.76. The van der Waals surface area contributed by atoms with Crippen LogP contribution in [0.3, 0.4) is 0 Å². The van der Waals surface area contributed by atoms with Gasteiger partial charge in [-0.2, -0.15) is 0 Å². The van der Waals surface area contributed by atoms with Gasteiger partial charge in [0, 0.05) is 18.2 Å². The van der Waals surface area contributed by atoms with Gasteiger partial charge in [0.15, 0.2) is 0 Å². The molecule has 2 rings (SSSR count). The number of sulfonamides is 1. The van der Waals surface area contributed by atoms with Crippen LogP contribution in [0.15, 0.2) is 34.7 Å². The SMILES string of the molecule is COc1ccc(C(=O)NCCC2=CCCCC2)cc1S(=O)(=O)NC(C)C. The molecule has 0 radical (unpaired) electrons. The van der Waals surface area contributed by atoms with E-state index in [1.807, 2.05) is 0 Å². The van der Waals surface area contributed by atoms with Crippen LogP contribution in [0.4, 0.5) is 0 Å². The fourth-order valence-electron chi connectivity index (χ4n) is 2.97. The minimum atomic E-state index is -3.76. The monoisotopic (exact) mass is 380 g/mol. The Bertz CT molecular complexity index is 770. The van der Waals surface area contributed by atoms with Crippen molar-refractivity contribution in [2.45, 2.75) is 56.9 Å². The summed E-state index contributed by atoms with van der Waals surface area (Å²) in [5.74, 6) is -0.0767. The molecule has 1 aliphatic carbocycles. The number of hydrogen-bond donors (Lipinski definition) is 2. The maximum Gasteiger partial charge on any atom is 0.251 e. The van der Waals surface area contributed by atoms with E-state index in [1.165, 1.54) is 37.7 Å². The molecular weight excluding hydrogens is 352 g/mol. The second-order valence-corrected chi connectivity index (χ2v) is 8.44. The Hall–Kier alpha value is -1.86. The lowest BCUT2D eigenvalue weighted by Crippen LogP contribution is -2.31. The number of allylic oxidation sites excluding steroid dienone is 1. The van der Waals surface area contributed by atoms with Crippen molar-refractivity contribution in [3.8, 4) is 5.75 Å². The van der Waals surface area contributed by atoms with E-state index >= 15 is 0 Å². The molecule has 0 heterocycles. The summed E-state index contributed by atoms with van der Waals surface area (Å²) >= 11 is 0. The van der Waals surface area contributed by atoms with Gasteiger partial charge in [0.05, 0.1) is 7.11 Å². The van der Waals surface area contributed by atoms with Gasteiger partial charge in [-0.15, -0.1) is 0 Å². The lowest BCUT2D eigenvalue weighted by Gasteiger charge is -2.15. The van der Waals surface area contributed by atoms with E-state index in [-0.39, 0.29) is 22.6 Å². The van der Waals surface area contributed by atoms with Gasteiger partial charge >= 0.3 is 0 Å². The highest BCUT2D eigenvalue weighted by atomic mass is 32.2. The fourth-order valence-corrected chi connectivity index (χ4v) is 4.42. The molecular formula is C19H28N2O4S. The molecule has 0 aliphatic heterocycles. The highest BCUT2D eigenvalue weighted by molar-refractivity contribution is 7.89. The van der Waals surface area contributed by atoms with E-state index in [0.29, 0.717) is 12.1 Å². The number of carbonyl (C=O) groups excluding carboxylic acids is 1. The number of nitrogens with one attached hydrogen (secondary N) is 2. The number of carbonyl (C=O) groups is 1. The van der Waals surface area contributed by atoms with Crippen molar-refractivity contribution in [1.82, 2.24) is 10.0 Å². The van der Waals surface area contributed by atoms with E-state index in [2.05, 4.69) is 16.1 Å². The third-order valence-corrected chi connectivity index (χ3v) is 5.90. The average molecular weight is 381 g/mol. The molecule has 0 atom stereocenters. The summed E-state index contributed by atoms with van der Waals surface area (Å²) in [5.41, 5.74) is 1.68. The zero-order valence-electron chi connectivity index (χ0n) is 15.7. The Kier molecular flexibility index (Phi) is 7.23. The highest BCUT2D eigenvalue weighted by Crippen LogP contribution is 2.25. The van der Waals surface area contributed by atoms with Crippen LogP contribution in [0.2, 0.25) is 0 Å². The molecule has 0 aromatic heterocycles. The first-order valence-electron chi connectivity index (χ1n) is 9.00. The number of ether oxygens (including phenoxy) is 1. The Morgan fingerprint density at radius 3 is 2.65 bits per heavy atom. The van der Waals surface area contributed by atoms with Crippen LogP contribution in [0.5, 0.6) is 5.75 Å². The molecule has 0 fully saturated rings. The van der Waals surface area contributed by atoms with Crippen LogP contribution in [0.1, 0.15) is 56.3 Å². The molecule has 7 heteroatoms. The largest absolute Gasteiger partial charge is 0.495 e. The second kappa shape index (κ2) is 9.19. The lowest BCUT2D eigenvalue weighted by molar-refractivity contribution is 0.0953. The standard InChI is InChI=1S/C19H28N2O4S/c1-14(2)21-26(23,24)18-13-16(9-10-17(18)25-3)19(22)20-12-11-15-7-5-4-6-8-15/h7,9-10,13-14,21H,4-6,8,11-12H2,1-3H3,(H,20,22). The zero-order chi connectivity index (χ0) is 19.2. The second-order valence-electron chi connectivity index (χ2n) is 6.76. The summed E-state index contributed by atoms with van der Waals surface area (Å²) in [5, 5.41) is 2.87. The molecule has 0 bridgehead atoms. The molecule has 0 unspecified atom stereocenters. The van der Waals surface area contributed by atoms with Crippen LogP contribution in [-0.4, -0.2) is 34.0 Å². The maximum absolute atomic E-state index is 12.5. The molecule has 0 spiro atoms. The Labute approximate surface area is 156 Å². The first-order valence-corrected chi connectivity index (χ1v) is 10.5. The predicted octanol–water partition coefficient (Wildman–Crippen LogP) is 3.00. The van der Waals surface area contributed by atoms with Crippen molar-refractivity contribution < 1.29 is 17.9 Å². The van der Waals surface area contributed by atoms with Crippen molar-refractivity contribution in [2.75, 3.05) is 13.7 Å². The number of amides is 1. The van der Waals surface area contributed by atoms with E-state index in [1.54, 1.807) is 19.9 Å². The molecule has 26 heavy (non-hydrogen) atoms. The lowest BCUT2D eigenvalue weighted by atomic mass is 9.97. The van der Waals surface area contributed by atoms with Gasteiger partial charge in [0.25, 0.3) is 5.91 Å². The normalized spacial score (nSPS) is 14.8. The van der Waals surface area contributed by atoms with E-state index in [4.69, 9.17) is 4.74 Å². The van der Waals surface area contributed by atoms with Gasteiger partial charge < -0.3 is 10.1 Å². The Balaban J connectivity index is 2.10. The summed E-state index contributed by atoms with van der Waals surface area (Å²) in [6.45, 7) is 4.02. The number of benzene rings is 1. The van der Waals surface area contributed by atoms with E-state index < -0.39 is 10.0 Å². The van der Waals surface area contributed by atoms with Crippen LogP contribution in [-0.2, 0) is 10.0 Å². The zero-order valence-corrected chi connectivity index (χ0v) is 16.5. The average Bonchev–Trinajstić information content (AvgIpc) is 2.61. The first-order chi connectivity index (χ1) is 12.3. The quantitative estimate of drug-likeness (QED) is 0.679. The van der Waals surface area contributed by atoms with Crippen LogP contribution in [0.25, 0.3) is 0 Å². The van der Waals surface area contributed by atoms with Gasteiger partial charge in [-0.3, -0.25) is 4.79 Å². The highest BCUT2D eigenvalue weighted by Gasteiger charge is 2.22. The summed E-state index contributed by atoms with van der Waals surface area (Å²) in [6, 6.07) is 4.18. The first kappa shape index (κ1) is 20.5. The minimum Gasteiger partial charge on any atom is -0.495 e. The van der Waals surface area contributed by atoms with E-state index in [0.717, 1.165) is 19.3 Å². The predicted molar refractivity (Wildman–Crippen MR) is 102 cm³/mol. The van der Waals surface area contributed by atoms with Crippen LogP contribution in [0, 0.1) is 0 Å². The molecule has 144 valence electrons. The van der Waals surface area contributed by atoms with Crippen molar-refractivity contribution in [2.24, 2.45) is 0 Å². The number of rotatable bonds is 8. The molecule has 2 N–H and O–H groups in total. The van der Waals surface area contributed by atoms with Gasteiger partial charge in [0.2, 0.25) is 10.0 Å². The van der Waals surface area contributed by atoms with Gasteiger partial charge in [-0.05, 0) is 64.2 Å². The Morgan fingerprint density at radius 2 is 2.04 bits per heavy atom. The maximum atomic E-state index is 12.5. The summed E-state index contributed by atoms with van der Waals surface area (Å²) in [7, 11) is -2.36. The van der Waals surface area contributed by atoms with Gasteiger partial charge in [-0.1, -0.05) is 11.6 Å². The molecule has 1 aromatic rings. The van der Waals surface area contributed by atoms with E-state index in [9.17, 15) is 13.2 Å². The van der Waals surface area contributed by atoms with Crippen molar-refractivity contribution in [1.29, 1.82) is 0 Å². The molecule has 1 aromatic carbocycles. The van der Waals surface area contributed by atoms with Crippen molar-refractivity contribution in [3.63, 3.8) is 0 Å². The van der Waals surface area contributed by atoms with Gasteiger partial charge in [-0.25, -0.2) is 13.1 Å². The summed E-state index contributed by atoms with van der Waals surface area (Å²) < 4.78 is 32.6. The number of methoxy groups -OCH3 is 1. The fraction of sp³-hybridized carbons (Fsp3) is 0.526. The topological polar surface area (TPSA) is 84.5 Å². The van der Waals surface area contributed by atoms with Crippen molar-refractivity contribution in [3.05, 3.63) is 35.4 Å². The third-order valence-electron chi connectivity index (χ3n) is 4.22. The van der Waals surface area contributed by atoms with Crippen LogP contribution < -0.4 is 14.8 Å². The Morgan fingerprint density at radius 1 is 1.27 bits per heavy atom.